The molecule has 4 N–H and O–H groups in total. The number of nitrogens with zero attached hydrogens (tertiary/aromatic N) is 2. The summed E-state index contributed by atoms with van der Waals surface area (Å²) in [6, 6.07) is 4.53. The first-order valence-electron chi connectivity index (χ1n) is 11.5. The SMILES string of the molecule is O=C(NC1=CC=CC(CN2CC[C@@H](F)C2)N1)C1=CNC2C=CC(c3ccccc3C(F)(F)F)NN12. The number of rotatable bonds is 5. The van der Waals surface area contributed by atoms with Gasteiger partial charge in [-0.2, -0.15) is 13.2 Å². The highest BCUT2D eigenvalue weighted by Crippen LogP contribution is 2.36. The van der Waals surface area contributed by atoms with Crippen LogP contribution in [0.1, 0.15) is 23.6 Å². The molecule has 35 heavy (non-hydrogen) atoms. The predicted octanol–water partition coefficient (Wildman–Crippen LogP) is 2.42. The van der Waals surface area contributed by atoms with Crippen molar-refractivity contribution in [3.8, 4) is 0 Å². The quantitative estimate of drug-likeness (QED) is 0.376. The van der Waals surface area contributed by atoms with Crippen LogP contribution in [0.2, 0.25) is 0 Å². The van der Waals surface area contributed by atoms with E-state index < -0.39 is 36.0 Å². The first-order valence-corrected chi connectivity index (χ1v) is 11.5. The predicted molar refractivity (Wildman–Crippen MR) is 122 cm³/mol. The fourth-order valence-corrected chi connectivity index (χ4v) is 4.72. The van der Waals surface area contributed by atoms with Crippen LogP contribution >= 0.6 is 0 Å². The molecule has 4 aliphatic heterocycles. The van der Waals surface area contributed by atoms with E-state index in [0.29, 0.717) is 31.9 Å². The van der Waals surface area contributed by atoms with Gasteiger partial charge >= 0.3 is 6.18 Å². The minimum atomic E-state index is -4.49. The third-order valence-electron chi connectivity index (χ3n) is 6.39. The van der Waals surface area contributed by atoms with Gasteiger partial charge in [0.25, 0.3) is 5.91 Å². The summed E-state index contributed by atoms with van der Waals surface area (Å²) < 4.78 is 54.0. The fourth-order valence-electron chi connectivity index (χ4n) is 4.72. The second-order valence-corrected chi connectivity index (χ2v) is 8.90. The molecule has 4 aliphatic rings. The lowest BCUT2D eigenvalue weighted by atomic mass is 9.99. The molecule has 11 heteroatoms. The summed E-state index contributed by atoms with van der Waals surface area (Å²) in [4.78, 5) is 15.1. The Balaban J connectivity index is 1.23. The van der Waals surface area contributed by atoms with Crippen LogP contribution < -0.4 is 21.4 Å². The zero-order chi connectivity index (χ0) is 24.6. The van der Waals surface area contributed by atoms with Crippen molar-refractivity contribution in [3.63, 3.8) is 0 Å². The maximum absolute atomic E-state index is 13.5. The standard InChI is InChI=1S/C24H26F4N6O/c25-15-10-11-33(13-15)14-16-4-3-7-21(30-16)31-23(35)20-12-29-22-9-8-19(32-34(20)22)17-5-1-2-6-18(17)24(26,27)28/h1-9,12,15-16,19,22,29-30,32H,10-11,13-14H2,(H,31,35)/t15-,16?,19?,22?/m1/s1. The molecule has 4 heterocycles. The van der Waals surface area contributed by atoms with E-state index in [-0.39, 0.29) is 17.3 Å². The van der Waals surface area contributed by atoms with Gasteiger partial charge in [-0.3, -0.25) is 14.7 Å². The molecule has 0 radical (unpaired) electrons. The fraction of sp³-hybridized carbons (Fsp3) is 0.375. The summed E-state index contributed by atoms with van der Waals surface area (Å²) in [5.74, 6) is 0.0674. The van der Waals surface area contributed by atoms with E-state index in [9.17, 15) is 22.4 Å². The number of carbonyl (C=O) groups excluding carboxylic acids is 1. The molecule has 0 saturated carbocycles. The maximum Gasteiger partial charge on any atom is 0.416 e. The van der Waals surface area contributed by atoms with Gasteiger partial charge in [0.15, 0.2) is 0 Å². The molecule has 1 aromatic rings. The first-order chi connectivity index (χ1) is 16.8. The number of carbonyl (C=O) groups is 1. The normalized spacial score (nSPS) is 28.2. The van der Waals surface area contributed by atoms with E-state index in [1.165, 1.54) is 23.3 Å². The van der Waals surface area contributed by atoms with Crippen LogP contribution in [0.3, 0.4) is 0 Å². The summed E-state index contributed by atoms with van der Waals surface area (Å²) in [5.41, 5.74) is 2.62. The summed E-state index contributed by atoms with van der Waals surface area (Å²) in [7, 11) is 0. The van der Waals surface area contributed by atoms with Crippen molar-refractivity contribution in [1.82, 2.24) is 31.3 Å². The second-order valence-electron chi connectivity index (χ2n) is 8.90. The number of fused-ring (bicyclic) bond motifs is 1. The van der Waals surface area contributed by atoms with E-state index in [0.717, 1.165) is 6.07 Å². The van der Waals surface area contributed by atoms with Gasteiger partial charge in [-0.1, -0.05) is 36.4 Å². The molecule has 3 unspecified atom stereocenters. The van der Waals surface area contributed by atoms with Crippen LogP contribution in [0.5, 0.6) is 0 Å². The highest BCUT2D eigenvalue weighted by atomic mass is 19.4. The third-order valence-corrected chi connectivity index (χ3v) is 6.39. The van der Waals surface area contributed by atoms with Crippen LogP contribution in [0.4, 0.5) is 17.6 Å². The van der Waals surface area contributed by atoms with Gasteiger partial charge in [0.2, 0.25) is 0 Å². The molecule has 7 nitrogen and oxygen atoms in total. The van der Waals surface area contributed by atoms with E-state index in [2.05, 4.69) is 21.4 Å². The van der Waals surface area contributed by atoms with Crippen LogP contribution in [0, 0.1) is 0 Å². The Hall–Kier alpha value is -3.31. The number of likely N-dealkylation sites (tertiary alicyclic amines) is 1. The number of benzene rings is 1. The number of allylic oxidation sites excluding steroid dienone is 2. The minimum absolute atomic E-state index is 0.0726. The molecule has 0 aromatic heterocycles. The number of hydrogen-bond donors (Lipinski definition) is 4. The first kappa shape index (κ1) is 23.4. The molecule has 1 fully saturated rings. The van der Waals surface area contributed by atoms with Crippen molar-refractivity contribution in [2.75, 3.05) is 19.6 Å². The monoisotopic (exact) mass is 490 g/mol. The zero-order valence-corrected chi connectivity index (χ0v) is 18.7. The van der Waals surface area contributed by atoms with Crippen molar-refractivity contribution in [2.24, 2.45) is 0 Å². The largest absolute Gasteiger partial charge is 0.416 e. The number of amides is 1. The van der Waals surface area contributed by atoms with Gasteiger partial charge in [-0.05, 0) is 30.2 Å². The molecule has 4 atom stereocenters. The Kier molecular flexibility index (Phi) is 6.28. The lowest BCUT2D eigenvalue weighted by Gasteiger charge is -2.35. The van der Waals surface area contributed by atoms with Crippen LogP contribution in [0.15, 0.2) is 72.4 Å². The number of alkyl halides is 4. The third kappa shape index (κ3) is 5.06. The Morgan fingerprint density at radius 1 is 1.17 bits per heavy atom. The molecule has 1 aromatic carbocycles. The number of halogens is 4. The van der Waals surface area contributed by atoms with Gasteiger partial charge in [0.1, 0.15) is 23.9 Å². The summed E-state index contributed by atoms with van der Waals surface area (Å²) >= 11 is 0. The number of hydrazine groups is 1. The van der Waals surface area contributed by atoms with E-state index in [1.54, 1.807) is 24.3 Å². The van der Waals surface area contributed by atoms with Crippen molar-refractivity contribution < 1.29 is 22.4 Å². The molecule has 5 rings (SSSR count). The molecule has 1 saturated heterocycles. The van der Waals surface area contributed by atoms with Gasteiger partial charge in [0, 0.05) is 25.8 Å². The molecule has 0 bridgehead atoms. The smallest absolute Gasteiger partial charge is 0.365 e. The summed E-state index contributed by atoms with van der Waals surface area (Å²) in [6.07, 6.45) is 5.23. The van der Waals surface area contributed by atoms with E-state index >= 15 is 0 Å². The number of hydrogen-bond acceptors (Lipinski definition) is 6. The zero-order valence-electron chi connectivity index (χ0n) is 18.7. The maximum atomic E-state index is 13.5. The average molecular weight is 491 g/mol. The van der Waals surface area contributed by atoms with Gasteiger partial charge in [-0.15, -0.1) is 0 Å². The topological polar surface area (TPSA) is 71.7 Å². The van der Waals surface area contributed by atoms with Crippen molar-refractivity contribution >= 4 is 5.91 Å². The van der Waals surface area contributed by atoms with Crippen LogP contribution in [-0.4, -0.2) is 53.8 Å². The summed E-state index contributed by atoms with van der Waals surface area (Å²) in [6.45, 7) is 1.73. The molecular weight excluding hydrogens is 464 g/mol. The van der Waals surface area contributed by atoms with Crippen molar-refractivity contribution in [2.45, 2.75) is 37.0 Å². The summed E-state index contributed by atoms with van der Waals surface area (Å²) in [5, 5.41) is 10.6. The Bertz CT molecular complexity index is 1100. The van der Waals surface area contributed by atoms with Gasteiger partial charge in [-0.25, -0.2) is 9.82 Å². The molecule has 0 aliphatic carbocycles. The molecule has 186 valence electrons. The average Bonchev–Trinajstić information content (AvgIpc) is 3.44. The number of dihydropyridines is 1. The van der Waals surface area contributed by atoms with Crippen molar-refractivity contribution in [3.05, 3.63) is 83.5 Å². The lowest BCUT2D eigenvalue weighted by Crippen LogP contribution is -2.52. The number of nitrogens with one attached hydrogen (secondary N) is 4. The van der Waals surface area contributed by atoms with Crippen LogP contribution in [-0.2, 0) is 11.0 Å². The van der Waals surface area contributed by atoms with E-state index in [1.807, 2.05) is 17.1 Å². The molecular formula is C24H26F4N6O. The van der Waals surface area contributed by atoms with Gasteiger partial charge in [0.05, 0.1) is 17.6 Å². The lowest BCUT2D eigenvalue weighted by molar-refractivity contribution is -0.138. The van der Waals surface area contributed by atoms with Gasteiger partial charge < -0.3 is 16.0 Å². The van der Waals surface area contributed by atoms with Crippen LogP contribution in [0.25, 0.3) is 0 Å². The highest BCUT2D eigenvalue weighted by Gasteiger charge is 2.38. The Labute approximate surface area is 200 Å². The Morgan fingerprint density at radius 3 is 2.77 bits per heavy atom. The van der Waals surface area contributed by atoms with Crippen molar-refractivity contribution in [1.29, 1.82) is 0 Å². The van der Waals surface area contributed by atoms with E-state index in [4.69, 9.17) is 0 Å². The minimum Gasteiger partial charge on any atom is -0.365 e. The molecule has 0 spiro atoms. The second kappa shape index (κ2) is 9.38. The highest BCUT2D eigenvalue weighted by molar-refractivity contribution is 5.94. The Morgan fingerprint density at radius 2 is 2.00 bits per heavy atom. The molecule has 1 amide bonds.